The maximum atomic E-state index is 8.60. The molecule has 8 N–H and O–H groups in total. The van der Waals surface area contributed by atoms with Gasteiger partial charge in [0.25, 0.3) is 0 Å². The molecule has 0 atom stereocenters. The Labute approximate surface area is 308 Å². The van der Waals surface area contributed by atoms with Gasteiger partial charge in [0.2, 0.25) is 0 Å². The summed E-state index contributed by atoms with van der Waals surface area (Å²) in [5.74, 6) is 0. The highest BCUT2D eigenvalue weighted by atomic mass is 35.5. The standard InChI is InChI=1S/4C8H18NO2.ClH.H3O4P/c4*1-4-6-9(2,3)7-5-8(10)11;;1-5(2,3)4/h4*4,8,10-11H,1,5-7H2,2-3H3;1H;(H3,1,2,3,4)/q4*+1;;/p-4. The van der Waals surface area contributed by atoms with Gasteiger partial charge in [0.15, 0.2) is 25.2 Å². The third-order valence-corrected chi connectivity index (χ3v) is 6.46. The van der Waals surface area contributed by atoms with Crippen molar-refractivity contribution >= 4 is 7.82 Å². The number of likely N-dealkylation sites (N-methyl/N-ethyl adjacent to an activating group) is 4. The third kappa shape index (κ3) is 65.3. The van der Waals surface area contributed by atoms with Crippen molar-refractivity contribution in [2.45, 2.75) is 50.8 Å². The fraction of sp³-hybridized carbons (Fsp3) is 0.750. The second-order valence-electron chi connectivity index (χ2n) is 14.0. The fourth-order valence-corrected chi connectivity index (χ4v) is 3.62. The number of hydrogen-bond donors (Lipinski definition) is 8. The van der Waals surface area contributed by atoms with Gasteiger partial charge in [0.05, 0.1) is 109 Å². The summed E-state index contributed by atoms with van der Waals surface area (Å²) < 4.78 is 11.6. The Morgan fingerprint density at radius 2 is 0.580 bits per heavy atom. The van der Waals surface area contributed by atoms with Crippen molar-refractivity contribution in [3.8, 4) is 0 Å². The molecule has 0 fully saturated rings. The van der Waals surface area contributed by atoms with Gasteiger partial charge in [0, 0.05) is 25.7 Å². The van der Waals surface area contributed by atoms with Crippen LogP contribution in [0.4, 0.5) is 0 Å². The highest BCUT2D eigenvalue weighted by Gasteiger charge is 2.16. The Balaban J connectivity index is -0.000000123. The SMILES string of the molecule is C=CC[N+](C)(C)CCC(O)O.C=CC[N+](C)(C)CCC(O)O.C=CC[N+](C)(C)CCC(O)O.C=CC[N+](C)(C)CCC(O)O.O=P([O-])([O-])[O-].[Cl-]. The number of halogens is 1. The molecular weight excluding hydrogens is 699 g/mol. The molecule has 0 saturated heterocycles. The van der Waals surface area contributed by atoms with E-state index in [0.29, 0.717) is 25.7 Å². The van der Waals surface area contributed by atoms with Crippen LogP contribution in [0.15, 0.2) is 50.6 Å². The van der Waals surface area contributed by atoms with Crippen LogP contribution in [-0.2, 0) is 4.57 Å². The number of phosphoric acid groups is 1. The Bertz CT molecular complexity index is 757. The van der Waals surface area contributed by atoms with Crippen molar-refractivity contribution in [1.82, 2.24) is 0 Å². The highest BCUT2D eigenvalue weighted by molar-refractivity contribution is 7.40. The first-order valence-corrected chi connectivity index (χ1v) is 17.3. The number of aliphatic hydroxyl groups is 8. The molecule has 0 unspecified atom stereocenters. The lowest BCUT2D eigenvalue weighted by Gasteiger charge is -2.36. The van der Waals surface area contributed by atoms with Crippen LogP contribution in [0.1, 0.15) is 25.7 Å². The zero-order chi connectivity index (χ0) is 40.1. The molecule has 304 valence electrons. The van der Waals surface area contributed by atoms with Gasteiger partial charge in [-0.1, -0.05) is 26.3 Å². The number of rotatable bonds is 20. The van der Waals surface area contributed by atoms with E-state index in [2.05, 4.69) is 26.3 Å². The molecule has 0 aliphatic carbocycles. The Kier molecular flexibility index (Phi) is 39.6. The monoisotopic (exact) mass is 770 g/mol. The summed E-state index contributed by atoms with van der Waals surface area (Å²) in [6.45, 7) is 21.0. The molecule has 0 heterocycles. The lowest BCUT2D eigenvalue weighted by atomic mass is 10.3. The van der Waals surface area contributed by atoms with Gasteiger partial charge in [-0.25, -0.2) is 0 Å². The lowest BCUT2D eigenvalue weighted by Crippen LogP contribution is -3.00. The maximum absolute atomic E-state index is 8.60. The molecular formula is C32H72ClN4O12P. The van der Waals surface area contributed by atoms with Crippen LogP contribution in [0.25, 0.3) is 0 Å². The van der Waals surface area contributed by atoms with Crippen molar-refractivity contribution in [2.24, 2.45) is 0 Å². The Morgan fingerprint density at radius 1 is 0.460 bits per heavy atom. The van der Waals surface area contributed by atoms with Crippen molar-refractivity contribution in [3.05, 3.63) is 50.6 Å². The molecule has 16 nitrogen and oxygen atoms in total. The van der Waals surface area contributed by atoms with Gasteiger partial charge in [-0.05, 0) is 24.3 Å². The summed E-state index contributed by atoms with van der Waals surface area (Å²) in [7, 11) is 10.9. The molecule has 0 saturated carbocycles. The van der Waals surface area contributed by atoms with Crippen LogP contribution >= 0.6 is 7.82 Å². The van der Waals surface area contributed by atoms with E-state index in [-0.39, 0.29) is 12.4 Å². The summed E-state index contributed by atoms with van der Waals surface area (Å²) in [5, 5.41) is 68.8. The van der Waals surface area contributed by atoms with Crippen LogP contribution < -0.4 is 27.1 Å². The van der Waals surface area contributed by atoms with E-state index < -0.39 is 33.0 Å². The lowest BCUT2D eigenvalue weighted by molar-refractivity contribution is -0.885. The molecule has 0 aliphatic rings. The van der Waals surface area contributed by atoms with E-state index in [4.69, 9.17) is 60.1 Å². The van der Waals surface area contributed by atoms with Gasteiger partial charge >= 0.3 is 0 Å². The molecule has 0 aromatic heterocycles. The van der Waals surface area contributed by atoms with E-state index in [9.17, 15) is 0 Å². The minimum absolute atomic E-state index is 0. The predicted molar refractivity (Wildman–Crippen MR) is 187 cm³/mol. The van der Waals surface area contributed by atoms with Crippen LogP contribution in [0, 0.1) is 0 Å². The van der Waals surface area contributed by atoms with Crippen molar-refractivity contribution in [1.29, 1.82) is 0 Å². The number of nitrogens with zero attached hydrogens (tertiary/aromatic N) is 4. The molecule has 0 aromatic carbocycles. The summed E-state index contributed by atoms with van der Waals surface area (Å²) in [6, 6.07) is 0. The Hall–Kier alpha value is -1.12. The molecule has 0 amide bonds. The molecule has 0 spiro atoms. The minimum Gasteiger partial charge on any atom is -1.00 e. The van der Waals surface area contributed by atoms with Crippen LogP contribution in [0.3, 0.4) is 0 Å². The second-order valence-corrected chi connectivity index (χ2v) is 14.9. The average Bonchev–Trinajstić information content (AvgIpc) is 2.89. The summed E-state index contributed by atoms with van der Waals surface area (Å²) in [6.07, 6.45) is 4.29. The molecule has 50 heavy (non-hydrogen) atoms. The molecule has 0 aromatic rings. The minimum atomic E-state index is -5.39. The van der Waals surface area contributed by atoms with E-state index in [1.165, 1.54) is 0 Å². The zero-order valence-electron chi connectivity index (χ0n) is 31.8. The first-order valence-electron chi connectivity index (χ1n) is 15.8. The largest absolute Gasteiger partial charge is 1.00 e. The average molecular weight is 771 g/mol. The van der Waals surface area contributed by atoms with Crippen LogP contribution in [-0.4, -0.2) is 193 Å². The predicted octanol–water partition coefficient (Wildman–Crippen LogP) is -6.02. The fourth-order valence-electron chi connectivity index (χ4n) is 3.62. The van der Waals surface area contributed by atoms with Gasteiger partial charge in [0.1, 0.15) is 0 Å². The second kappa shape index (κ2) is 32.5. The first-order chi connectivity index (χ1) is 21.9. The van der Waals surface area contributed by atoms with E-state index >= 15 is 0 Å². The third-order valence-electron chi connectivity index (χ3n) is 6.46. The summed E-state index contributed by atoms with van der Waals surface area (Å²) in [5.41, 5.74) is 0. The van der Waals surface area contributed by atoms with Crippen LogP contribution in [0.5, 0.6) is 0 Å². The van der Waals surface area contributed by atoms with E-state index in [1.807, 2.05) is 80.7 Å². The molecule has 18 heteroatoms. The van der Waals surface area contributed by atoms with Crippen molar-refractivity contribution in [3.63, 3.8) is 0 Å². The maximum Gasteiger partial charge on any atom is 0.156 e. The van der Waals surface area contributed by atoms with Gasteiger partial charge in [-0.15, -0.1) is 0 Å². The zero-order valence-corrected chi connectivity index (χ0v) is 33.4. The van der Waals surface area contributed by atoms with Gasteiger partial charge < -0.3 is 90.4 Å². The quantitative estimate of drug-likeness (QED) is 0.0250. The van der Waals surface area contributed by atoms with Crippen molar-refractivity contribution < 1.29 is 90.4 Å². The molecule has 0 radical (unpaired) electrons. The van der Waals surface area contributed by atoms with Gasteiger partial charge in [-0.3, -0.25) is 0 Å². The topological polar surface area (TPSA) is 248 Å². The van der Waals surface area contributed by atoms with Crippen LogP contribution in [0.2, 0.25) is 0 Å². The van der Waals surface area contributed by atoms with E-state index in [0.717, 1.165) is 70.3 Å². The highest BCUT2D eigenvalue weighted by Crippen LogP contribution is 2.04. The van der Waals surface area contributed by atoms with E-state index in [1.54, 1.807) is 0 Å². The normalized spacial score (nSPS) is 11.8. The van der Waals surface area contributed by atoms with Gasteiger partial charge in [-0.2, -0.15) is 7.82 Å². The van der Waals surface area contributed by atoms with Crippen molar-refractivity contribution in [2.75, 3.05) is 109 Å². The summed E-state index contributed by atoms with van der Waals surface area (Å²) in [4.78, 5) is 25.6. The molecule has 0 rings (SSSR count). The number of aliphatic hydroxyl groups excluding tert-OH is 4. The Morgan fingerprint density at radius 3 is 0.660 bits per heavy atom. The number of hydrogen-bond acceptors (Lipinski definition) is 12. The first kappa shape index (κ1) is 60.9. The summed E-state index contributed by atoms with van der Waals surface area (Å²) >= 11 is 0. The molecule has 0 aliphatic heterocycles. The number of quaternary nitrogens is 4. The molecule has 0 bridgehead atoms. The smallest absolute Gasteiger partial charge is 0.156 e.